The molecule has 0 bridgehead atoms. The van der Waals surface area contributed by atoms with E-state index in [9.17, 15) is 9.59 Å². The molecule has 1 unspecified atom stereocenters. The highest BCUT2D eigenvalue weighted by Gasteiger charge is 2.24. The summed E-state index contributed by atoms with van der Waals surface area (Å²) in [7, 11) is 1.73. The Kier molecular flexibility index (Phi) is 4.36. The number of amides is 3. The number of nitrogens with two attached hydrogens (primary N) is 1. The zero-order valence-electron chi connectivity index (χ0n) is 8.95. The van der Waals surface area contributed by atoms with Crippen molar-refractivity contribution in [3.63, 3.8) is 0 Å². The molecule has 1 heterocycles. The Morgan fingerprint density at radius 2 is 2.27 bits per heavy atom. The van der Waals surface area contributed by atoms with Crippen LogP contribution in [0.15, 0.2) is 0 Å². The average molecular weight is 214 g/mol. The van der Waals surface area contributed by atoms with Crippen molar-refractivity contribution in [2.75, 3.05) is 33.2 Å². The van der Waals surface area contributed by atoms with Crippen molar-refractivity contribution in [2.24, 2.45) is 11.7 Å². The number of nitrogens with one attached hydrogen (secondary N) is 2. The first-order valence-electron chi connectivity index (χ1n) is 5.09. The van der Waals surface area contributed by atoms with Crippen molar-refractivity contribution < 1.29 is 9.59 Å². The summed E-state index contributed by atoms with van der Waals surface area (Å²) in [6.07, 6.45) is 0.906. The maximum Gasteiger partial charge on any atom is 0.314 e. The number of likely N-dealkylation sites (N-methyl/N-ethyl adjacent to an activating group) is 1. The molecule has 1 aliphatic rings. The third-order valence-electron chi connectivity index (χ3n) is 2.52. The fourth-order valence-corrected chi connectivity index (χ4v) is 1.68. The van der Waals surface area contributed by atoms with Gasteiger partial charge >= 0.3 is 6.03 Å². The fraction of sp³-hybridized carbons (Fsp3) is 0.778. The van der Waals surface area contributed by atoms with Crippen molar-refractivity contribution in [1.82, 2.24) is 15.5 Å². The van der Waals surface area contributed by atoms with Crippen LogP contribution in [0.25, 0.3) is 0 Å². The third kappa shape index (κ3) is 3.75. The molecule has 1 saturated heterocycles. The van der Waals surface area contributed by atoms with Gasteiger partial charge in [-0.05, 0) is 19.4 Å². The lowest BCUT2D eigenvalue weighted by Gasteiger charge is -2.13. The van der Waals surface area contributed by atoms with E-state index in [0.29, 0.717) is 32.1 Å². The Balaban J connectivity index is 2.19. The summed E-state index contributed by atoms with van der Waals surface area (Å²) in [5, 5.41) is 5.58. The summed E-state index contributed by atoms with van der Waals surface area (Å²) in [5.74, 6) is 0.313. The number of rotatable bonds is 4. The van der Waals surface area contributed by atoms with Gasteiger partial charge in [0.1, 0.15) is 0 Å². The summed E-state index contributed by atoms with van der Waals surface area (Å²) in [5.41, 5.74) is 5.15. The summed E-state index contributed by atoms with van der Waals surface area (Å²) >= 11 is 0. The monoisotopic (exact) mass is 214 g/mol. The Morgan fingerprint density at radius 3 is 2.80 bits per heavy atom. The van der Waals surface area contributed by atoms with Crippen LogP contribution in [-0.4, -0.2) is 50.1 Å². The molecular weight excluding hydrogens is 196 g/mol. The van der Waals surface area contributed by atoms with Crippen LogP contribution in [-0.2, 0) is 4.79 Å². The summed E-state index contributed by atoms with van der Waals surface area (Å²) in [4.78, 5) is 23.6. The van der Waals surface area contributed by atoms with E-state index < -0.39 is 0 Å². The van der Waals surface area contributed by atoms with Gasteiger partial charge < -0.3 is 21.3 Å². The molecule has 0 radical (unpaired) electrons. The number of carbonyl (C=O) groups is 2. The smallest absolute Gasteiger partial charge is 0.314 e. The first kappa shape index (κ1) is 11.8. The molecule has 1 aliphatic heterocycles. The Hall–Kier alpha value is -1.30. The Bertz CT molecular complexity index is 244. The molecule has 4 N–H and O–H groups in total. The van der Waals surface area contributed by atoms with Gasteiger partial charge in [-0.15, -0.1) is 0 Å². The molecule has 0 saturated carbocycles. The number of urea groups is 1. The van der Waals surface area contributed by atoms with Crippen molar-refractivity contribution in [1.29, 1.82) is 0 Å². The minimum atomic E-state index is -0.376. The average Bonchev–Trinajstić information content (AvgIpc) is 2.63. The van der Waals surface area contributed by atoms with Gasteiger partial charge in [-0.25, -0.2) is 4.79 Å². The standard InChI is InChI=1S/C9H18N4O2/c1-11-5-8(14)12-4-7-2-3-13(6-7)9(10)15/h7,11H,2-6H2,1H3,(H2,10,15)(H,12,14). The van der Waals surface area contributed by atoms with Crippen LogP contribution in [0.5, 0.6) is 0 Å². The number of primary amides is 1. The Labute approximate surface area is 89.2 Å². The number of likely N-dealkylation sites (tertiary alicyclic amines) is 1. The zero-order chi connectivity index (χ0) is 11.3. The number of nitrogens with zero attached hydrogens (tertiary/aromatic N) is 1. The minimum absolute atomic E-state index is 0.0185. The number of hydrogen-bond acceptors (Lipinski definition) is 3. The lowest BCUT2D eigenvalue weighted by molar-refractivity contribution is -0.120. The van der Waals surface area contributed by atoms with Crippen LogP contribution in [0.4, 0.5) is 4.79 Å². The normalized spacial score (nSPS) is 20.3. The van der Waals surface area contributed by atoms with Crippen molar-refractivity contribution in [3.05, 3.63) is 0 Å². The highest BCUT2D eigenvalue weighted by molar-refractivity contribution is 5.78. The van der Waals surface area contributed by atoms with Gasteiger partial charge in [-0.1, -0.05) is 0 Å². The topological polar surface area (TPSA) is 87.5 Å². The number of carbonyl (C=O) groups excluding carboxylic acids is 2. The fourth-order valence-electron chi connectivity index (χ4n) is 1.68. The third-order valence-corrected chi connectivity index (χ3v) is 2.52. The molecule has 1 rings (SSSR count). The molecule has 0 aromatic rings. The van der Waals surface area contributed by atoms with Crippen LogP contribution in [0.3, 0.4) is 0 Å². The lowest BCUT2D eigenvalue weighted by Crippen LogP contribution is -2.37. The van der Waals surface area contributed by atoms with Crippen LogP contribution >= 0.6 is 0 Å². The van der Waals surface area contributed by atoms with Gasteiger partial charge in [0.05, 0.1) is 6.54 Å². The van der Waals surface area contributed by atoms with Gasteiger partial charge in [-0.3, -0.25) is 4.79 Å². The maximum atomic E-state index is 11.1. The molecule has 0 aromatic heterocycles. The van der Waals surface area contributed by atoms with Crippen molar-refractivity contribution in [2.45, 2.75) is 6.42 Å². The van der Waals surface area contributed by atoms with Gasteiger partial charge in [0.15, 0.2) is 0 Å². The molecule has 1 fully saturated rings. The molecule has 86 valence electrons. The van der Waals surface area contributed by atoms with E-state index in [2.05, 4.69) is 10.6 Å². The quantitative estimate of drug-likeness (QED) is 0.545. The van der Waals surface area contributed by atoms with E-state index >= 15 is 0 Å². The van der Waals surface area contributed by atoms with Gasteiger partial charge in [0.25, 0.3) is 0 Å². The van der Waals surface area contributed by atoms with Gasteiger partial charge in [0.2, 0.25) is 5.91 Å². The second kappa shape index (κ2) is 5.55. The van der Waals surface area contributed by atoms with Crippen LogP contribution in [0.1, 0.15) is 6.42 Å². The Morgan fingerprint density at radius 1 is 1.53 bits per heavy atom. The predicted molar refractivity (Wildman–Crippen MR) is 56.2 cm³/mol. The first-order valence-corrected chi connectivity index (χ1v) is 5.09. The molecule has 6 heteroatoms. The molecule has 1 atom stereocenters. The van der Waals surface area contributed by atoms with Crippen molar-refractivity contribution in [3.8, 4) is 0 Å². The largest absolute Gasteiger partial charge is 0.355 e. The number of hydrogen-bond donors (Lipinski definition) is 3. The summed E-state index contributed by atoms with van der Waals surface area (Å²) < 4.78 is 0. The van der Waals surface area contributed by atoms with E-state index in [-0.39, 0.29) is 11.9 Å². The molecule has 15 heavy (non-hydrogen) atoms. The maximum absolute atomic E-state index is 11.1. The van der Waals surface area contributed by atoms with Crippen LogP contribution < -0.4 is 16.4 Å². The van der Waals surface area contributed by atoms with E-state index in [1.807, 2.05) is 0 Å². The molecular formula is C9H18N4O2. The van der Waals surface area contributed by atoms with E-state index in [0.717, 1.165) is 6.42 Å². The second-order valence-electron chi connectivity index (χ2n) is 3.77. The van der Waals surface area contributed by atoms with E-state index in [1.54, 1.807) is 11.9 Å². The van der Waals surface area contributed by atoms with Crippen molar-refractivity contribution >= 4 is 11.9 Å². The van der Waals surface area contributed by atoms with Gasteiger partial charge in [0, 0.05) is 19.6 Å². The highest BCUT2D eigenvalue weighted by atomic mass is 16.2. The predicted octanol–water partition coefficient (Wildman–Crippen LogP) is -1.28. The molecule has 6 nitrogen and oxygen atoms in total. The van der Waals surface area contributed by atoms with E-state index in [4.69, 9.17) is 5.73 Å². The summed E-state index contributed by atoms with van der Waals surface area (Å²) in [6.45, 7) is 2.29. The minimum Gasteiger partial charge on any atom is -0.355 e. The zero-order valence-corrected chi connectivity index (χ0v) is 8.95. The SMILES string of the molecule is CNCC(=O)NCC1CCN(C(N)=O)C1. The summed E-state index contributed by atoms with van der Waals surface area (Å²) in [6, 6.07) is -0.376. The van der Waals surface area contributed by atoms with Crippen LogP contribution in [0, 0.1) is 5.92 Å². The van der Waals surface area contributed by atoms with Crippen LogP contribution in [0.2, 0.25) is 0 Å². The highest BCUT2D eigenvalue weighted by Crippen LogP contribution is 2.14. The molecule has 0 aromatic carbocycles. The lowest BCUT2D eigenvalue weighted by atomic mass is 10.1. The van der Waals surface area contributed by atoms with Gasteiger partial charge in [-0.2, -0.15) is 0 Å². The molecule has 0 aliphatic carbocycles. The molecule has 3 amide bonds. The molecule has 0 spiro atoms. The second-order valence-corrected chi connectivity index (χ2v) is 3.77. The first-order chi connectivity index (χ1) is 7.13. The van der Waals surface area contributed by atoms with E-state index in [1.165, 1.54) is 0 Å².